The molecule has 2 rings (SSSR count). The summed E-state index contributed by atoms with van der Waals surface area (Å²) in [5.74, 6) is 0.274. The molecule has 0 bridgehead atoms. The van der Waals surface area contributed by atoms with E-state index in [4.69, 9.17) is 4.74 Å². The predicted octanol–water partition coefficient (Wildman–Crippen LogP) is 3.38. The fourth-order valence-corrected chi connectivity index (χ4v) is 2.28. The Bertz CT molecular complexity index is 532. The van der Waals surface area contributed by atoms with E-state index >= 15 is 0 Å². The molecule has 1 N–H and O–H groups in total. The molecule has 1 unspecified atom stereocenters. The van der Waals surface area contributed by atoms with E-state index in [0.717, 1.165) is 18.7 Å². The first-order valence-electron chi connectivity index (χ1n) is 7.48. The third-order valence-electron chi connectivity index (χ3n) is 3.64. The average Bonchev–Trinajstić information content (AvgIpc) is 2.73. The van der Waals surface area contributed by atoms with Crippen LogP contribution in [0.2, 0.25) is 0 Å². The number of alkyl halides is 3. The van der Waals surface area contributed by atoms with Gasteiger partial charge in [0.1, 0.15) is 5.69 Å². The molecule has 1 aliphatic rings. The van der Waals surface area contributed by atoms with Gasteiger partial charge in [0.15, 0.2) is 0 Å². The normalized spacial score (nSPS) is 19.6. The van der Waals surface area contributed by atoms with Crippen LogP contribution in [0.25, 0.3) is 0 Å². The molecule has 5 nitrogen and oxygen atoms in total. The first kappa shape index (κ1) is 17.5. The second kappa shape index (κ2) is 7.16. The molecule has 1 aliphatic heterocycles. The van der Waals surface area contributed by atoms with E-state index in [2.05, 4.69) is 10.3 Å². The number of nitrogens with one attached hydrogen (secondary N) is 1. The number of hydrogen-bond acceptors (Lipinski definition) is 3. The maximum atomic E-state index is 12.5. The van der Waals surface area contributed by atoms with Crippen LogP contribution in [0.15, 0.2) is 18.3 Å². The van der Waals surface area contributed by atoms with Crippen LogP contribution in [0.4, 0.5) is 23.7 Å². The summed E-state index contributed by atoms with van der Waals surface area (Å²) >= 11 is 0. The van der Waals surface area contributed by atoms with Crippen molar-refractivity contribution in [2.75, 3.05) is 25.0 Å². The number of rotatable bonds is 2. The smallest absolute Gasteiger partial charge is 0.376 e. The third kappa shape index (κ3) is 4.82. The van der Waals surface area contributed by atoms with Crippen molar-refractivity contribution >= 4 is 11.7 Å². The van der Waals surface area contributed by atoms with Crippen LogP contribution in [0.1, 0.15) is 26.0 Å². The van der Waals surface area contributed by atoms with Crippen molar-refractivity contribution in [1.29, 1.82) is 0 Å². The molecule has 23 heavy (non-hydrogen) atoms. The SMILES string of the molecule is CC(C)C1CN(C(=O)Nc2ccc(C(F)(F)F)nc2)CCCO1. The van der Waals surface area contributed by atoms with Gasteiger partial charge in [-0.1, -0.05) is 13.8 Å². The van der Waals surface area contributed by atoms with Crippen LogP contribution >= 0.6 is 0 Å². The molecule has 2 heterocycles. The van der Waals surface area contributed by atoms with E-state index in [1.165, 1.54) is 6.07 Å². The number of anilines is 1. The zero-order chi connectivity index (χ0) is 17.0. The van der Waals surface area contributed by atoms with Crippen molar-refractivity contribution in [3.63, 3.8) is 0 Å². The lowest BCUT2D eigenvalue weighted by Crippen LogP contribution is -2.41. The monoisotopic (exact) mass is 331 g/mol. The minimum Gasteiger partial charge on any atom is -0.376 e. The second-order valence-electron chi connectivity index (χ2n) is 5.81. The standard InChI is InChI=1S/C15H20F3N3O2/c1-10(2)12-9-21(6-3-7-23-12)14(22)20-11-4-5-13(19-8-11)15(16,17)18/h4-5,8,10,12H,3,6-7,9H2,1-2H3,(H,20,22). The van der Waals surface area contributed by atoms with Crippen LogP contribution in [0, 0.1) is 5.92 Å². The Labute approximate surface area is 132 Å². The molecule has 0 aromatic carbocycles. The summed E-state index contributed by atoms with van der Waals surface area (Å²) < 4.78 is 43.1. The maximum absolute atomic E-state index is 12.5. The second-order valence-corrected chi connectivity index (χ2v) is 5.81. The summed E-state index contributed by atoms with van der Waals surface area (Å²) in [6, 6.07) is 1.68. The molecule has 8 heteroatoms. The molecule has 128 valence electrons. The maximum Gasteiger partial charge on any atom is 0.433 e. The van der Waals surface area contributed by atoms with Crippen molar-refractivity contribution in [2.24, 2.45) is 5.92 Å². The number of nitrogens with zero attached hydrogens (tertiary/aromatic N) is 2. The first-order valence-corrected chi connectivity index (χ1v) is 7.48. The van der Waals surface area contributed by atoms with Crippen LogP contribution in [-0.2, 0) is 10.9 Å². The highest BCUT2D eigenvalue weighted by molar-refractivity contribution is 5.89. The minimum atomic E-state index is -4.49. The molecule has 0 radical (unpaired) electrons. The van der Waals surface area contributed by atoms with Crippen molar-refractivity contribution in [1.82, 2.24) is 9.88 Å². The quantitative estimate of drug-likeness (QED) is 0.904. The number of pyridine rings is 1. The van der Waals surface area contributed by atoms with Gasteiger partial charge in [-0.2, -0.15) is 13.2 Å². The van der Waals surface area contributed by atoms with E-state index in [1.807, 2.05) is 13.8 Å². The number of hydrogen-bond donors (Lipinski definition) is 1. The Morgan fingerprint density at radius 3 is 2.74 bits per heavy atom. The molecule has 0 aliphatic carbocycles. The highest BCUT2D eigenvalue weighted by Crippen LogP contribution is 2.27. The Kier molecular flexibility index (Phi) is 5.46. The summed E-state index contributed by atoms with van der Waals surface area (Å²) in [5, 5.41) is 2.58. The molecule has 2 amide bonds. The number of amides is 2. The summed E-state index contributed by atoms with van der Waals surface area (Å²) in [5.41, 5.74) is -0.757. The number of carbonyl (C=O) groups is 1. The Balaban J connectivity index is 2.00. The predicted molar refractivity (Wildman–Crippen MR) is 79.0 cm³/mol. The number of urea groups is 1. The van der Waals surface area contributed by atoms with Gasteiger partial charge in [0, 0.05) is 19.7 Å². The summed E-state index contributed by atoms with van der Waals surface area (Å²) in [7, 11) is 0. The van der Waals surface area contributed by atoms with E-state index in [1.54, 1.807) is 4.90 Å². The molecule has 1 saturated heterocycles. The molecular formula is C15H20F3N3O2. The average molecular weight is 331 g/mol. The topological polar surface area (TPSA) is 54.5 Å². The highest BCUT2D eigenvalue weighted by Gasteiger charge is 2.32. The Morgan fingerprint density at radius 1 is 1.43 bits per heavy atom. The van der Waals surface area contributed by atoms with Gasteiger partial charge in [-0.15, -0.1) is 0 Å². The lowest BCUT2D eigenvalue weighted by Gasteiger charge is -2.26. The van der Waals surface area contributed by atoms with Crippen LogP contribution < -0.4 is 5.32 Å². The summed E-state index contributed by atoms with van der Waals surface area (Å²) in [6.45, 7) is 5.63. The van der Waals surface area contributed by atoms with Gasteiger partial charge in [-0.3, -0.25) is 0 Å². The van der Waals surface area contributed by atoms with Crippen molar-refractivity contribution < 1.29 is 22.7 Å². The fourth-order valence-electron chi connectivity index (χ4n) is 2.28. The zero-order valence-electron chi connectivity index (χ0n) is 13.1. The number of carbonyl (C=O) groups excluding carboxylic acids is 1. The van der Waals surface area contributed by atoms with E-state index in [-0.39, 0.29) is 23.7 Å². The van der Waals surface area contributed by atoms with Gasteiger partial charge in [0.05, 0.1) is 18.0 Å². The number of halogens is 3. The van der Waals surface area contributed by atoms with E-state index in [0.29, 0.717) is 19.7 Å². The van der Waals surface area contributed by atoms with Crippen molar-refractivity contribution in [3.05, 3.63) is 24.0 Å². The van der Waals surface area contributed by atoms with Crippen molar-refractivity contribution in [3.8, 4) is 0 Å². The molecule has 1 aromatic heterocycles. The zero-order valence-corrected chi connectivity index (χ0v) is 13.1. The van der Waals surface area contributed by atoms with Gasteiger partial charge < -0.3 is 15.0 Å². The molecular weight excluding hydrogens is 311 g/mol. The minimum absolute atomic E-state index is 0.0472. The largest absolute Gasteiger partial charge is 0.433 e. The number of aromatic nitrogens is 1. The Morgan fingerprint density at radius 2 is 2.17 bits per heavy atom. The Hall–Kier alpha value is -1.83. The first-order chi connectivity index (χ1) is 10.8. The van der Waals surface area contributed by atoms with Crippen LogP contribution in [0.3, 0.4) is 0 Å². The summed E-state index contributed by atoms with van der Waals surface area (Å²) in [4.78, 5) is 17.2. The lowest BCUT2D eigenvalue weighted by atomic mass is 10.1. The third-order valence-corrected chi connectivity index (χ3v) is 3.64. The molecule has 1 aromatic rings. The highest BCUT2D eigenvalue weighted by atomic mass is 19.4. The number of ether oxygens (including phenoxy) is 1. The van der Waals surface area contributed by atoms with Gasteiger partial charge in [0.2, 0.25) is 0 Å². The fraction of sp³-hybridized carbons (Fsp3) is 0.600. The van der Waals surface area contributed by atoms with Gasteiger partial charge in [0.25, 0.3) is 0 Å². The lowest BCUT2D eigenvalue weighted by molar-refractivity contribution is -0.141. The van der Waals surface area contributed by atoms with E-state index < -0.39 is 11.9 Å². The van der Waals surface area contributed by atoms with Gasteiger partial charge >= 0.3 is 12.2 Å². The summed E-state index contributed by atoms with van der Waals surface area (Å²) in [6.07, 6.45) is -2.81. The molecule has 0 saturated carbocycles. The molecule has 0 spiro atoms. The van der Waals surface area contributed by atoms with Crippen molar-refractivity contribution in [2.45, 2.75) is 32.5 Å². The van der Waals surface area contributed by atoms with Gasteiger partial charge in [-0.25, -0.2) is 9.78 Å². The van der Waals surface area contributed by atoms with Crippen LogP contribution in [-0.4, -0.2) is 41.7 Å². The van der Waals surface area contributed by atoms with Crippen LogP contribution in [0.5, 0.6) is 0 Å². The van der Waals surface area contributed by atoms with E-state index in [9.17, 15) is 18.0 Å². The molecule has 1 atom stereocenters. The van der Waals surface area contributed by atoms with Gasteiger partial charge in [-0.05, 0) is 24.5 Å². The molecule has 1 fully saturated rings.